The average Bonchev–Trinajstić information content (AvgIpc) is 3.01. The zero-order valence-corrected chi connectivity index (χ0v) is 8.42. The summed E-state index contributed by atoms with van der Waals surface area (Å²) in [6, 6.07) is 6.50. The second kappa shape index (κ2) is 3.14. The van der Waals surface area contributed by atoms with Gasteiger partial charge in [-0.2, -0.15) is 0 Å². The van der Waals surface area contributed by atoms with Crippen molar-refractivity contribution < 1.29 is 8.42 Å². The molecule has 0 aromatic heterocycles. The van der Waals surface area contributed by atoms with E-state index >= 15 is 0 Å². The van der Waals surface area contributed by atoms with E-state index in [1.54, 1.807) is 24.3 Å². The molecule has 0 amide bonds. The molecule has 3 heteroatoms. The first-order valence-electron chi connectivity index (χ1n) is 4.45. The van der Waals surface area contributed by atoms with Gasteiger partial charge in [-0.3, -0.25) is 0 Å². The number of hydrogen-bond donors (Lipinski definition) is 0. The third kappa shape index (κ3) is 1.53. The van der Waals surface area contributed by atoms with E-state index in [-0.39, 0.29) is 5.25 Å². The summed E-state index contributed by atoms with van der Waals surface area (Å²) >= 11 is 0. The van der Waals surface area contributed by atoms with Gasteiger partial charge in [0.05, 0.1) is 10.1 Å². The van der Waals surface area contributed by atoms with Crippen LogP contribution in [0, 0.1) is 12.3 Å². The zero-order chi connectivity index (χ0) is 10.2. The Bertz CT molecular complexity index is 473. The predicted octanol–water partition coefficient (Wildman–Crippen LogP) is 1.60. The molecule has 2 rings (SSSR count). The molecule has 0 spiro atoms. The van der Waals surface area contributed by atoms with Crippen LogP contribution in [0.15, 0.2) is 29.2 Å². The zero-order valence-electron chi connectivity index (χ0n) is 7.60. The molecule has 0 atom stereocenters. The Balaban J connectivity index is 2.38. The van der Waals surface area contributed by atoms with E-state index in [9.17, 15) is 8.42 Å². The summed E-state index contributed by atoms with van der Waals surface area (Å²) in [4.78, 5) is 0.388. The maximum absolute atomic E-state index is 11.7. The van der Waals surface area contributed by atoms with Crippen LogP contribution >= 0.6 is 0 Å². The molecule has 1 aromatic rings. The van der Waals surface area contributed by atoms with Gasteiger partial charge < -0.3 is 0 Å². The van der Waals surface area contributed by atoms with Crippen molar-refractivity contribution in [3.63, 3.8) is 0 Å². The molecule has 1 aliphatic rings. The van der Waals surface area contributed by atoms with Gasteiger partial charge in [0.25, 0.3) is 0 Å². The largest absolute Gasteiger partial charge is 0.223 e. The van der Waals surface area contributed by atoms with E-state index < -0.39 is 9.84 Å². The minimum atomic E-state index is -3.06. The van der Waals surface area contributed by atoms with Gasteiger partial charge in [0.15, 0.2) is 9.84 Å². The maximum Gasteiger partial charge on any atom is 0.181 e. The predicted molar refractivity (Wildman–Crippen MR) is 54.6 cm³/mol. The van der Waals surface area contributed by atoms with Crippen LogP contribution in [0.1, 0.15) is 18.4 Å². The van der Waals surface area contributed by atoms with Crippen LogP contribution in [-0.2, 0) is 9.84 Å². The Kier molecular flexibility index (Phi) is 2.09. The lowest BCUT2D eigenvalue weighted by molar-refractivity contribution is 0.595. The summed E-state index contributed by atoms with van der Waals surface area (Å²) < 4.78 is 23.5. The Labute approximate surface area is 83.9 Å². The second-order valence-electron chi connectivity index (χ2n) is 3.41. The van der Waals surface area contributed by atoms with Gasteiger partial charge in [0.2, 0.25) is 0 Å². The first-order chi connectivity index (χ1) is 6.64. The normalized spacial score (nSPS) is 16.2. The van der Waals surface area contributed by atoms with Crippen molar-refractivity contribution in [2.75, 3.05) is 0 Å². The Morgan fingerprint density at radius 3 is 2.21 bits per heavy atom. The summed E-state index contributed by atoms with van der Waals surface area (Å²) in [7, 11) is -3.06. The lowest BCUT2D eigenvalue weighted by Gasteiger charge is -2.01. The minimum Gasteiger partial charge on any atom is -0.223 e. The molecule has 1 aromatic carbocycles. The van der Waals surface area contributed by atoms with E-state index in [0.717, 1.165) is 12.8 Å². The van der Waals surface area contributed by atoms with Crippen LogP contribution in [0.5, 0.6) is 0 Å². The van der Waals surface area contributed by atoms with Crippen LogP contribution in [0.4, 0.5) is 0 Å². The van der Waals surface area contributed by atoms with Crippen molar-refractivity contribution in [1.29, 1.82) is 0 Å². The van der Waals surface area contributed by atoms with E-state index in [1.165, 1.54) is 0 Å². The fraction of sp³-hybridized carbons (Fsp3) is 0.273. The van der Waals surface area contributed by atoms with Gasteiger partial charge in [-0.1, -0.05) is 5.92 Å². The fourth-order valence-electron chi connectivity index (χ4n) is 1.31. The first kappa shape index (κ1) is 9.29. The third-order valence-corrected chi connectivity index (χ3v) is 4.59. The number of sulfone groups is 1. The van der Waals surface area contributed by atoms with E-state index in [4.69, 9.17) is 6.42 Å². The Morgan fingerprint density at radius 1 is 1.21 bits per heavy atom. The van der Waals surface area contributed by atoms with Crippen molar-refractivity contribution in [1.82, 2.24) is 0 Å². The van der Waals surface area contributed by atoms with Crippen LogP contribution in [0.25, 0.3) is 0 Å². The molecule has 0 heterocycles. The van der Waals surface area contributed by atoms with Crippen molar-refractivity contribution in [2.45, 2.75) is 23.0 Å². The minimum absolute atomic E-state index is 0.154. The lowest BCUT2D eigenvalue weighted by atomic mass is 10.2. The molecule has 14 heavy (non-hydrogen) atoms. The van der Waals surface area contributed by atoms with Gasteiger partial charge in [-0.05, 0) is 37.1 Å². The van der Waals surface area contributed by atoms with Gasteiger partial charge in [-0.15, -0.1) is 6.42 Å². The third-order valence-electron chi connectivity index (χ3n) is 2.31. The highest BCUT2D eigenvalue weighted by atomic mass is 32.2. The molecule has 1 aliphatic carbocycles. The highest BCUT2D eigenvalue weighted by Crippen LogP contribution is 2.33. The molecule has 2 nitrogen and oxygen atoms in total. The second-order valence-corrected chi connectivity index (χ2v) is 5.64. The Morgan fingerprint density at radius 2 is 1.79 bits per heavy atom. The molecule has 0 saturated heterocycles. The molecule has 72 valence electrons. The standard InChI is InChI=1S/C11H10O2S/c1-2-9-3-5-10(6-4-9)14(12,13)11-7-8-11/h1,3-6,11H,7-8H2. The van der Waals surface area contributed by atoms with Gasteiger partial charge >= 0.3 is 0 Å². The van der Waals surface area contributed by atoms with Gasteiger partial charge in [0.1, 0.15) is 0 Å². The quantitative estimate of drug-likeness (QED) is 0.689. The summed E-state index contributed by atoms with van der Waals surface area (Å²) in [6.45, 7) is 0. The Hall–Kier alpha value is -1.27. The number of terminal acetylenes is 1. The van der Waals surface area contributed by atoms with Crippen molar-refractivity contribution >= 4 is 9.84 Å². The number of benzene rings is 1. The van der Waals surface area contributed by atoms with Crippen LogP contribution in [0.3, 0.4) is 0 Å². The molecule has 1 fully saturated rings. The summed E-state index contributed by atoms with van der Waals surface area (Å²) in [5.41, 5.74) is 0.708. The summed E-state index contributed by atoms with van der Waals surface area (Å²) in [6.07, 6.45) is 6.76. The average molecular weight is 206 g/mol. The SMILES string of the molecule is C#Cc1ccc(S(=O)(=O)C2CC2)cc1. The number of rotatable bonds is 2. The molecule has 0 bridgehead atoms. The van der Waals surface area contributed by atoms with E-state index in [1.807, 2.05) is 0 Å². The van der Waals surface area contributed by atoms with Crippen LogP contribution in [0.2, 0.25) is 0 Å². The summed E-state index contributed by atoms with van der Waals surface area (Å²) in [5, 5.41) is -0.154. The highest BCUT2D eigenvalue weighted by Gasteiger charge is 2.36. The van der Waals surface area contributed by atoms with Crippen molar-refractivity contribution in [2.24, 2.45) is 0 Å². The molecule has 0 unspecified atom stereocenters. The van der Waals surface area contributed by atoms with Crippen LogP contribution in [-0.4, -0.2) is 13.7 Å². The number of hydrogen-bond acceptors (Lipinski definition) is 2. The molecule has 1 saturated carbocycles. The van der Waals surface area contributed by atoms with Crippen LogP contribution < -0.4 is 0 Å². The maximum atomic E-state index is 11.7. The van der Waals surface area contributed by atoms with Gasteiger partial charge in [-0.25, -0.2) is 8.42 Å². The van der Waals surface area contributed by atoms with Crippen molar-refractivity contribution in [3.05, 3.63) is 29.8 Å². The topological polar surface area (TPSA) is 34.1 Å². The molecular formula is C11H10O2S. The summed E-state index contributed by atoms with van der Waals surface area (Å²) in [5.74, 6) is 2.46. The van der Waals surface area contributed by atoms with Gasteiger partial charge in [0, 0.05) is 5.56 Å². The fourth-order valence-corrected chi connectivity index (χ4v) is 2.97. The van der Waals surface area contributed by atoms with E-state index in [0.29, 0.717) is 10.5 Å². The highest BCUT2D eigenvalue weighted by molar-refractivity contribution is 7.92. The van der Waals surface area contributed by atoms with Crippen molar-refractivity contribution in [3.8, 4) is 12.3 Å². The molecule has 0 N–H and O–H groups in total. The molecular weight excluding hydrogens is 196 g/mol. The van der Waals surface area contributed by atoms with E-state index in [2.05, 4.69) is 5.92 Å². The molecule has 0 aliphatic heterocycles. The first-order valence-corrected chi connectivity index (χ1v) is 6.00. The molecule has 0 radical (unpaired) electrons. The smallest absolute Gasteiger partial charge is 0.181 e. The monoisotopic (exact) mass is 206 g/mol. The lowest BCUT2D eigenvalue weighted by Crippen LogP contribution is -2.06.